The average molecular weight is 347 g/mol. The van der Waals surface area contributed by atoms with E-state index in [1.165, 1.54) is 18.4 Å². The molecule has 3 rings (SSSR count). The van der Waals surface area contributed by atoms with E-state index in [4.69, 9.17) is 4.52 Å². The molecule has 1 fully saturated rings. The van der Waals surface area contributed by atoms with Gasteiger partial charge in [0.1, 0.15) is 0 Å². The zero-order chi connectivity index (χ0) is 16.8. The first kappa shape index (κ1) is 17.4. The minimum Gasteiger partial charge on any atom is -0.338 e. The van der Waals surface area contributed by atoms with Gasteiger partial charge in [-0.2, -0.15) is 16.7 Å². The predicted octanol–water partition coefficient (Wildman–Crippen LogP) is 2.42. The fourth-order valence-electron chi connectivity index (χ4n) is 3.12. The van der Waals surface area contributed by atoms with E-state index in [1.807, 2.05) is 24.7 Å². The smallest absolute Gasteiger partial charge is 0.240 e. The second-order valence-corrected chi connectivity index (χ2v) is 7.20. The molecule has 1 saturated heterocycles. The lowest BCUT2D eigenvalue weighted by molar-refractivity contribution is 0.0969. The first-order chi connectivity index (χ1) is 11.7. The number of pyridine rings is 1. The maximum atomic E-state index is 5.46. The molecule has 0 saturated carbocycles. The zero-order valence-corrected chi connectivity index (χ0v) is 15.2. The predicted molar refractivity (Wildman–Crippen MR) is 95.5 cm³/mol. The molecule has 0 N–H and O–H groups in total. The first-order valence-electron chi connectivity index (χ1n) is 8.36. The maximum absolute atomic E-state index is 5.46. The Balaban J connectivity index is 1.70. The molecule has 1 aliphatic heterocycles. The molecule has 0 aliphatic carbocycles. The number of rotatable bonds is 7. The lowest BCUT2D eigenvalue weighted by atomic mass is 10.0. The van der Waals surface area contributed by atoms with Crippen molar-refractivity contribution in [3.8, 4) is 0 Å². The fraction of sp³-hybridized carbons (Fsp3) is 0.588. The lowest BCUT2D eigenvalue weighted by Gasteiger charge is -2.36. The standard InChI is InChI=1S/C17H25N5OS/c1-21-8-5-15(6-9-21)22(11-14-4-3-7-18-10-14)12-17-19-16(13-24-2)20-23-17/h3-4,7,10,15H,5-6,8-9,11-13H2,1-2H3. The molecule has 7 heteroatoms. The lowest BCUT2D eigenvalue weighted by Crippen LogP contribution is -2.43. The van der Waals surface area contributed by atoms with Crippen molar-refractivity contribution >= 4 is 11.8 Å². The van der Waals surface area contributed by atoms with Crippen LogP contribution in [-0.2, 0) is 18.8 Å². The van der Waals surface area contributed by atoms with Crippen LogP contribution >= 0.6 is 11.8 Å². The molecule has 0 radical (unpaired) electrons. The highest BCUT2D eigenvalue weighted by molar-refractivity contribution is 7.97. The second-order valence-electron chi connectivity index (χ2n) is 6.34. The van der Waals surface area contributed by atoms with E-state index >= 15 is 0 Å². The first-order valence-corrected chi connectivity index (χ1v) is 9.76. The molecule has 0 unspecified atom stereocenters. The summed E-state index contributed by atoms with van der Waals surface area (Å²) in [4.78, 5) is 13.6. The number of nitrogens with zero attached hydrogens (tertiary/aromatic N) is 5. The Kier molecular flexibility index (Phi) is 6.23. The Labute approximate surface area is 147 Å². The summed E-state index contributed by atoms with van der Waals surface area (Å²) in [5.74, 6) is 2.28. The van der Waals surface area contributed by atoms with Gasteiger partial charge in [0.2, 0.25) is 5.89 Å². The minimum absolute atomic E-state index is 0.539. The monoisotopic (exact) mass is 347 g/mol. The van der Waals surface area contributed by atoms with Crippen molar-refractivity contribution in [1.29, 1.82) is 0 Å². The van der Waals surface area contributed by atoms with E-state index < -0.39 is 0 Å². The number of piperidine rings is 1. The molecular weight excluding hydrogens is 322 g/mol. The van der Waals surface area contributed by atoms with Crippen molar-refractivity contribution in [3.63, 3.8) is 0 Å². The van der Waals surface area contributed by atoms with Gasteiger partial charge in [0.15, 0.2) is 5.82 Å². The normalized spacial score (nSPS) is 16.8. The van der Waals surface area contributed by atoms with Gasteiger partial charge in [-0.25, -0.2) is 0 Å². The Morgan fingerprint density at radius 3 is 2.88 bits per heavy atom. The van der Waals surface area contributed by atoms with Gasteiger partial charge in [0, 0.05) is 25.0 Å². The van der Waals surface area contributed by atoms with Gasteiger partial charge in [-0.05, 0) is 50.9 Å². The Morgan fingerprint density at radius 1 is 1.33 bits per heavy atom. The Hall–Kier alpha value is -1.44. The molecule has 0 aromatic carbocycles. The highest BCUT2D eigenvalue weighted by Crippen LogP contribution is 2.20. The van der Waals surface area contributed by atoms with Crippen LogP contribution in [0, 0.1) is 0 Å². The number of likely N-dealkylation sites (tertiary alicyclic amines) is 1. The minimum atomic E-state index is 0.539. The van der Waals surface area contributed by atoms with Crippen LogP contribution in [0.4, 0.5) is 0 Å². The van der Waals surface area contributed by atoms with E-state index in [-0.39, 0.29) is 0 Å². The van der Waals surface area contributed by atoms with Crippen LogP contribution in [0.15, 0.2) is 29.0 Å². The number of aromatic nitrogens is 3. The number of thioether (sulfide) groups is 1. The topological polar surface area (TPSA) is 58.3 Å². The van der Waals surface area contributed by atoms with Crippen molar-refractivity contribution in [2.45, 2.75) is 37.7 Å². The third kappa shape index (κ3) is 4.78. The van der Waals surface area contributed by atoms with Crippen LogP contribution in [0.3, 0.4) is 0 Å². The molecule has 6 nitrogen and oxygen atoms in total. The van der Waals surface area contributed by atoms with E-state index in [0.29, 0.717) is 18.5 Å². The van der Waals surface area contributed by atoms with Gasteiger partial charge in [-0.3, -0.25) is 9.88 Å². The van der Waals surface area contributed by atoms with Crippen LogP contribution in [0.5, 0.6) is 0 Å². The van der Waals surface area contributed by atoms with Gasteiger partial charge in [-0.15, -0.1) is 0 Å². The van der Waals surface area contributed by atoms with Crippen LogP contribution in [0.2, 0.25) is 0 Å². The van der Waals surface area contributed by atoms with Crippen molar-refractivity contribution in [3.05, 3.63) is 41.8 Å². The molecule has 130 valence electrons. The quantitative estimate of drug-likeness (QED) is 0.762. The Bertz CT molecular complexity index is 612. The molecule has 24 heavy (non-hydrogen) atoms. The van der Waals surface area contributed by atoms with E-state index in [0.717, 1.165) is 31.2 Å². The highest BCUT2D eigenvalue weighted by atomic mass is 32.2. The van der Waals surface area contributed by atoms with Crippen molar-refractivity contribution < 1.29 is 4.52 Å². The fourth-order valence-corrected chi connectivity index (χ4v) is 3.49. The van der Waals surface area contributed by atoms with Crippen LogP contribution in [0.25, 0.3) is 0 Å². The summed E-state index contributed by atoms with van der Waals surface area (Å²) in [6, 6.07) is 4.66. The molecular formula is C17H25N5OS. The SMILES string of the molecule is CSCc1noc(CN(Cc2cccnc2)C2CCN(C)CC2)n1. The second kappa shape index (κ2) is 8.60. The van der Waals surface area contributed by atoms with Crippen LogP contribution in [-0.4, -0.2) is 57.4 Å². The molecule has 3 heterocycles. The summed E-state index contributed by atoms with van der Waals surface area (Å²) in [6.07, 6.45) is 8.14. The molecule has 0 amide bonds. The van der Waals surface area contributed by atoms with Crippen LogP contribution < -0.4 is 0 Å². The highest BCUT2D eigenvalue weighted by Gasteiger charge is 2.25. The van der Waals surface area contributed by atoms with Crippen molar-refractivity contribution in [2.24, 2.45) is 0 Å². The largest absolute Gasteiger partial charge is 0.338 e. The molecule has 0 bridgehead atoms. The molecule has 0 spiro atoms. The summed E-state index contributed by atoms with van der Waals surface area (Å²) in [5, 5.41) is 4.07. The number of hydrogen-bond acceptors (Lipinski definition) is 7. The number of hydrogen-bond donors (Lipinski definition) is 0. The third-order valence-corrected chi connectivity index (χ3v) is 4.98. The van der Waals surface area contributed by atoms with Gasteiger partial charge < -0.3 is 9.42 Å². The molecule has 2 aromatic heterocycles. The van der Waals surface area contributed by atoms with Gasteiger partial charge in [0.05, 0.1) is 12.3 Å². The maximum Gasteiger partial charge on any atom is 0.240 e. The van der Waals surface area contributed by atoms with Gasteiger partial charge in [0.25, 0.3) is 0 Å². The molecule has 0 atom stereocenters. The van der Waals surface area contributed by atoms with Gasteiger partial charge >= 0.3 is 0 Å². The molecule has 1 aliphatic rings. The van der Waals surface area contributed by atoms with Crippen LogP contribution in [0.1, 0.15) is 30.1 Å². The van der Waals surface area contributed by atoms with Gasteiger partial charge in [-0.1, -0.05) is 11.2 Å². The average Bonchev–Trinajstić information content (AvgIpc) is 3.03. The summed E-state index contributed by atoms with van der Waals surface area (Å²) < 4.78 is 5.46. The Morgan fingerprint density at radius 2 is 2.17 bits per heavy atom. The zero-order valence-electron chi connectivity index (χ0n) is 14.4. The molecule has 2 aromatic rings. The van der Waals surface area contributed by atoms with E-state index in [1.54, 1.807) is 11.8 Å². The summed E-state index contributed by atoms with van der Waals surface area (Å²) >= 11 is 1.71. The summed E-state index contributed by atoms with van der Waals surface area (Å²) in [5.41, 5.74) is 1.22. The van der Waals surface area contributed by atoms with E-state index in [2.05, 4.69) is 38.0 Å². The van der Waals surface area contributed by atoms with E-state index in [9.17, 15) is 0 Å². The summed E-state index contributed by atoms with van der Waals surface area (Å²) in [6.45, 7) is 3.83. The van der Waals surface area contributed by atoms with Crippen molar-refractivity contribution in [1.82, 2.24) is 24.9 Å². The third-order valence-electron chi connectivity index (χ3n) is 4.43. The van der Waals surface area contributed by atoms with Crippen molar-refractivity contribution in [2.75, 3.05) is 26.4 Å². The summed E-state index contributed by atoms with van der Waals surface area (Å²) in [7, 11) is 2.19.